The largest absolute Gasteiger partial charge is 0.469 e. The minimum atomic E-state index is -5.14. The van der Waals surface area contributed by atoms with E-state index in [1.807, 2.05) is 0 Å². The lowest BCUT2D eigenvalue weighted by molar-refractivity contribution is -0.147. The highest BCUT2D eigenvalue weighted by Crippen LogP contribution is 2.47. The minimum Gasteiger partial charge on any atom is -0.469 e. The molecule has 1 fully saturated rings. The van der Waals surface area contributed by atoms with Gasteiger partial charge in [0.25, 0.3) is 5.95 Å². The lowest BCUT2D eigenvalue weighted by Crippen LogP contribution is -2.50. The SMILES string of the molecule is CC[C@@H]1CC(N(Cc2cc(C(F)(F)F)cc(C(F)(F)F)c2)c2nnn(C)n2)c2cc(C(F)(F)F)ccc2N1C(=O)[C@H]1CC[C@H](C(=O)OC)CC1. The number of halogens is 9. The molecule has 272 valence electrons. The molecule has 2 aromatic carbocycles. The summed E-state index contributed by atoms with van der Waals surface area (Å²) >= 11 is 0. The van der Waals surface area contributed by atoms with E-state index in [1.54, 1.807) is 6.92 Å². The number of alkyl halides is 9. The first-order valence-corrected chi connectivity index (χ1v) is 15.7. The van der Waals surface area contributed by atoms with Gasteiger partial charge in [0.15, 0.2) is 0 Å². The van der Waals surface area contributed by atoms with Gasteiger partial charge in [-0.1, -0.05) is 12.0 Å². The summed E-state index contributed by atoms with van der Waals surface area (Å²) in [6.07, 6.45) is -13.5. The Balaban J connectivity index is 1.62. The number of carbonyl (C=O) groups is 2. The average molecular weight is 721 g/mol. The van der Waals surface area contributed by atoms with E-state index >= 15 is 0 Å². The number of aromatic nitrogens is 4. The van der Waals surface area contributed by atoms with Crippen LogP contribution in [0.25, 0.3) is 0 Å². The van der Waals surface area contributed by atoms with Crippen molar-refractivity contribution < 1.29 is 53.8 Å². The molecular weight excluding hydrogens is 687 g/mol. The molecule has 9 nitrogen and oxygen atoms in total. The van der Waals surface area contributed by atoms with Crippen LogP contribution in [0, 0.1) is 11.8 Å². The molecule has 5 rings (SSSR count). The van der Waals surface area contributed by atoms with Gasteiger partial charge >= 0.3 is 24.5 Å². The summed E-state index contributed by atoms with van der Waals surface area (Å²) in [5.41, 5.74) is -4.60. The van der Waals surface area contributed by atoms with E-state index in [2.05, 4.69) is 15.4 Å². The van der Waals surface area contributed by atoms with Crippen molar-refractivity contribution in [2.45, 2.75) is 82.6 Å². The fourth-order valence-corrected chi connectivity index (χ4v) is 6.80. The molecule has 50 heavy (non-hydrogen) atoms. The summed E-state index contributed by atoms with van der Waals surface area (Å²) in [6.45, 7) is 1.07. The number of esters is 1. The Kier molecular flexibility index (Phi) is 10.1. The number of carbonyl (C=O) groups excluding carboxylic acids is 2. The fourth-order valence-electron chi connectivity index (χ4n) is 6.80. The van der Waals surface area contributed by atoms with Crippen LogP contribution in [0.1, 0.15) is 79.3 Å². The molecule has 1 aliphatic heterocycles. The number of hydrogen-bond donors (Lipinski definition) is 0. The lowest BCUT2D eigenvalue weighted by atomic mass is 9.80. The predicted octanol–water partition coefficient (Wildman–Crippen LogP) is 7.51. The highest BCUT2D eigenvalue weighted by Gasteiger charge is 2.44. The Morgan fingerprint density at radius 1 is 0.860 bits per heavy atom. The number of hydrogen-bond acceptors (Lipinski definition) is 7. The predicted molar refractivity (Wildman–Crippen MR) is 159 cm³/mol. The van der Waals surface area contributed by atoms with Crippen molar-refractivity contribution in [1.82, 2.24) is 20.2 Å². The Hall–Kier alpha value is -4.38. The third kappa shape index (κ3) is 7.67. The molecule has 2 atom stereocenters. The number of aryl methyl sites for hydroxylation is 1. The number of benzene rings is 2. The number of anilines is 2. The number of tetrazole rings is 1. The molecule has 2 heterocycles. The molecule has 1 aromatic heterocycles. The Bertz CT molecular complexity index is 1680. The van der Waals surface area contributed by atoms with Gasteiger partial charge in [-0.2, -0.15) is 44.3 Å². The molecule has 0 radical (unpaired) electrons. The fraction of sp³-hybridized carbons (Fsp3) is 0.531. The first-order valence-electron chi connectivity index (χ1n) is 15.7. The molecule has 1 amide bonds. The van der Waals surface area contributed by atoms with Crippen LogP contribution < -0.4 is 9.80 Å². The van der Waals surface area contributed by atoms with Crippen LogP contribution in [0.4, 0.5) is 51.1 Å². The maximum Gasteiger partial charge on any atom is 0.416 e. The van der Waals surface area contributed by atoms with E-state index in [1.165, 1.54) is 24.0 Å². The number of ether oxygens (including phenoxy) is 1. The topological polar surface area (TPSA) is 93.5 Å². The number of nitrogens with zero attached hydrogens (tertiary/aromatic N) is 6. The minimum absolute atomic E-state index is 0.0187. The van der Waals surface area contributed by atoms with Crippen LogP contribution in [0.2, 0.25) is 0 Å². The normalized spacial score (nSPS) is 21.5. The van der Waals surface area contributed by atoms with E-state index in [0.717, 1.165) is 23.0 Å². The van der Waals surface area contributed by atoms with E-state index in [9.17, 15) is 49.1 Å². The molecule has 0 spiro atoms. The van der Waals surface area contributed by atoms with E-state index in [4.69, 9.17) is 4.74 Å². The maximum atomic E-state index is 14.1. The van der Waals surface area contributed by atoms with Crippen LogP contribution in [0.15, 0.2) is 36.4 Å². The number of fused-ring (bicyclic) bond motifs is 1. The Morgan fingerprint density at radius 2 is 1.44 bits per heavy atom. The zero-order valence-corrected chi connectivity index (χ0v) is 27.0. The number of methoxy groups -OCH3 is 1. The van der Waals surface area contributed by atoms with Gasteiger partial charge in [-0.25, -0.2) is 0 Å². The van der Waals surface area contributed by atoms with Crippen molar-refractivity contribution in [1.29, 1.82) is 0 Å². The van der Waals surface area contributed by atoms with Crippen LogP contribution in [0.5, 0.6) is 0 Å². The summed E-state index contributed by atoms with van der Waals surface area (Å²) in [6, 6.07) is 2.05. The van der Waals surface area contributed by atoms with Gasteiger partial charge < -0.3 is 14.5 Å². The van der Waals surface area contributed by atoms with E-state index < -0.39 is 71.3 Å². The second kappa shape index (κ2) is 13.7. The summed E-state index contributed by atoms with van der Waals surface area (Å²) < 4.78 is 130. The zero-order valence-electron chi connectivity index (χ0n) is 27.0. The van der Waals surface area contributed by atoms with Crippen LogP contribution in [0.3, 0.4) is 0 Å². The maximum absolute atomic E-state index is 14.1. The molecular formula is C32H33F9N6O3. The van der Waals surface area contributed by atoms with Crippen LogP contribution in [-0.4, -0.2) is 45.2 Å². The summed E-state index contributed by atoms with van der Waals surface area (Å²) in [5, 5.41) is 11.8. The van der Waals surface area contributed by atoms with Gasteiger partial charge in [0.1, 0.15) is 0 Å². The van der Waals surface area contributed by atoms with Crippen molar-refractivity contribution in [2.24, 2.45) is 18.9 Å². The second-order valence-electron chi connectivity index (χ2n) is 12.5. The van der Waals surface area contributed by atoms with Gasteiger partial charge in [0.05, 0.1) is 42.8 Å². The molecule has 0 bridgehead atoms. The third-order valence-electron chi connectivity index (χ3n) is 9.28. The van der Waals surface area contributed by atoms with Crippen LogP contribution >= 0.6 is 0 Å². The Morgan fingerprint density at radius 3 is 1.94 bits per heavy atom. The number of amides is 1. The molecule has 0 saturated heterocycles. The first kappa shape index (κ1) is 36.9. The molecule has 0 N–H and O–H groups in total. The molecule has 1 unspecified atom stereocenters. The van der Waals surface area contributed by atoms with Gasteiger partial charge in [-0.3, -0.25) is 9.59 Å². The monoisotopic (exact) mass is 720 g/mol. The van der Waals surface area contributed by atoms with Crippen molar-refractivity contribution in [3.63, 3.8) is 0 Å². The van der Waals surface area contributed by atoms with Crippen molar-refractivity contribution in [3.05, 3.63) is 64.2 Å². The number of rotatable bonds is 7. The molecule has 1 aliphatic carbocycles. The van der Waals surface area contributed by atoms with Crippen LogP contribution in [-0.2, 0) is 46.4 Å². The Labute approximate surface area is 280 Å². The van der Waals surface area contributed by atoms with E-state index in [-0.39, 0.29) is 41.5 Å². The standard InChI is InChI=1S/C32H33F9N6O3/c1-4-23-15-26(46(29-42-44-45(2)43-29)16-17-11-21(31(36,37)38)13-22(12-17)32(39,40)41)24-14-20(30(33,34)35)9-10-25(24)47(23)27(48)18-5-7-19(8-6-18)28(49)50-3/h9-14,18-19,23,26H,4-8,15-16H2,1-3H3/t18-,19-,23-,26?/m1/s1. The van der Waals surface area contributed by atoms with E-state index in [0.29, 0.717) is 44.2 Å². The molecule has 2 aliphatic rings. The average Bonchev–Trinajstić information content (AvgIpc) is 3.50. The zero-order chi connectivity index (χ0) is 36.8. The highest BCUT2D eigenvalue weighted by molar-refractivity contribution is 5.97. The smallest absolute Gasteiger partial charge is 0.416 e. The van der Waals surface area contributed by atoms with Gasteiger partial charge in [-0.05, 0) is 91.3 Å². The summed E-state index contributed by atoms with van der Waals surface area (Å²) in [5.74, 6) is -1.96. The quantitative estimate of drug-likeness (QED) is 0.184. The summed E-state index contributed by atoms with van der Waals surface area (Å²) in [4.78, 5) is 29.8. The van der Waals surface area contributed by atoms with Gasteiger partial charge in [0, 0.05) is 24.2 Å². The molecule has 18 heteroatoms. The second-order valence-corrected chi connectivity index (χ2v) is 12.5. The summed E-state index contributed by atoms with van der Waals surface area (Å²) in [7, 11) is 2.63. The highest BCUT2D eigenvalue weighted by atomic mass is 19.4. The third-order valence-corrected chi connectivity index (χ3v) is 9.28. The van der Waals surface area contributed by atoms with Crippen molar-refractivity contribution in [2.75, 3.05) is 16.9 Å². The van der Waals surface area contributed by atoms with Crippen molar-refractivity contribution >= 4 is 23.5 Å². The molecule has 3 aromatic rings. The molecule has 1 saturated carbocycles. The van der Waals surface area contributed by atoms with Gasteiger partial charge in [-0.15, -0.1) is 5.10 Å². The first-order chi connectivity index (χ1) is 23.3. The van der Waals surface area contributed by atoms with Crippen molar-refractivity contribution in [3.8, 4) is 0 Å². The lowest BCUT2D eigenvalue weighted by Gasteiger charge is -2.46. The van der Waals surface area contributed by atoms with Gasteiger partial charge in [0.2, 0.25) is 5.91 Å².